The smallest absolute Gasteiger partial charge is 0.214 e. The van der Waals surface area contributed by atoms with Crippen molar-refractivity contribution in [2.75, 3.05) is 0 Å². The van der Waals surface area contributed by atoms with Crippen LogP contribution in [0.1, 0.15) is 22.3 Å². The van der Waals surface area contributed by atoms with Gasteiger partial charge in [-0.2, -0.15) is 0 Å². The van der Waals surface area contributed by atoms with E-state index in [1.54, 1.807) is 52.0 Å². The maximum Gasteiger partial charge on any atom is 0.214 e. The monoisotopic (exact) mass is 306 g/mol. The zero-order chi connectivity index (χ0) is 15.9. The number of hydrogen-bond donors (Lipinski definition) is 2. The van der Waals surface area contributed by atoms with Gasteiger partial charge in [0.05, 0.1) is 0 Å². The van der Waals surface area contributed by atoms with Crippen LogP contribution in [0.3, 0.4) is 0 Å². The van der Waals surface area contributed by atoms with Crippen LogP contribution in [0.25, 0.3) is 0 Å². The van der Waals surface area contributed by atoms with Gasteiger partial charge in [-0.1, -0.05) is 24.3 Å². The summed E-state index contributed by atoms with van der Waals surface area (Å²) in [6.45, 7) is 6.51. The highest BCUT2D eigenvalue weighted by Gasteiger charge is 2.29. The van der Waals surface area contributed by atoms with E-state index in [9.17, 15) is 18.6 Å². The molecule has 0 aliphatic heterocycles. The summed E-state index contributed by atoms with van der Waals surface area (Å²) in [6, 6.07) is 6.60. The van der Waals surface area contributed by atoms with Crippen molar-refractivity contribution in [3.8, 4) is 11.5 Å². The van der Waals surface area contributed by atoms with Gasteiger partial charge in [-0.25, -0.2) is 8.42 Å². The van der Waals surface area contributed by atoms with Crippen molar-refractivity contribution in [1.29, 1.82) is 0 Å². The zero-order valence-electron chi connectivity index (χ0n) is 12.4. The molecule has 0 radical (unpaired) electrons. The molecule has 2 rings (SSSR count). The van der Waals surface area contributed by atoms with Crippen LogP contribution in [-0.2, 0) is 9.84 Å². The number of aryl methyl sites for hydroxylation is 4. The molecule has 2 aromatic carbocycles. The minimum atomic E-state index is -4.01. The maximum atomic E-state index is 12.9. The van der Waals surface area contributed by atoms with Gasteiger partial charge in [0.1, 0.15) is 21.3 Å². The van der Waals surface area contributed by atoms with E-state index >= 15 is 0 Å². The third-order valence-corrected chi connectivity index (χ3v) is 5.70. The van der Waals surface area contributed by atoms with Crippen molar-refractivity contribution in [3.05, 3.63) is 46.5 Å². The highest BCUT2D eigenvalue weighted by Crippen LogP contribution is 2.39. The number of hydrogen-bond acceptors (Lipinski definition) is 4. The number of rotatable bonds is 2. The normalized spacial score (nSPS) is 11.6. The molecule has 0 spiro atoms. The maximum absolute atomic E-state index is 12.9. The Labute approximate surface area is 124 Å². The van der Waals surface area contributed by atoms with Crippen molar-refractivity contribution < 1.29 is 18.6 Å². The highest BCUT2D eigenvalue weighted by molar-refractivity contribution is 7.91. The van der Waals surface area contributed by atoms with E-state index < -0.39 is 9.84 Å². The summed E-state index contributed by atoms with van der Waals surface area (Å²) in [7, 11) is -4.01. The number of phenols is 2. The molecule has 0 bridgehead atoms. The van der Waals surface area contributed by atoms with Crippen LogP contribution in [-0.4, -0.2) is 18.6 Å². The van der Waals surface area contributed by atoms with E-state index in [4.69, 9.17) is 0 Å². The summed E-state index contributed by atoms with van der Waals surface area (Å²) in [5, 5.41) is 20.3. The second kappa shape index (κ2) is 5.07. The summed E-state index contributed by atoms with van der Waals surface area (Å²) >= 11 is 0. The first kappa shape index (κ1) is 15.4. The van der Waals surface area contributed by atoms with Gasteiger partial charge in [0.15, 0.2) is 0 Å². The van der Waals surface area contributed by atoms with E-state index in [1.807, 2.05) is 0 Å². The van der Waals surface area contributed by atoms with Gasteiger partial charge in [0.25, 0.3) is 0 Å². The van der Waals surface area contributed by atoms with E-state index in [2.05, 4.69) is 0 Å². The summed E-state index contributed by atoms with van der Waals surface area (Å²) in [5.74, 6) is -0.536. The van der Waals surface area contributed by atoms with Crippen LogP contribution in [0, 0.1) is 27.7 Å². The van der Waals surface area contributed by atoms with Crippen LogP contribution >= 0.6 is 0 Å². The molecule has 21 heavy (non-hydrogen) atoms. The topological polar surface area (TPSA) is 74.6 Å². The fraction of sp³-hybridized carbons (Fsp3) is 0.250. The van der Waals surface area contributed by atoms with Crippen molar-refractivity contribution >= 4 is 9.84 Å². The second-order valence-electron chi connectivity index (χ2n) is 5.26. The molecular formula is C16H18O4S. The van der Waals surface area contributed by atoms with Gasteiger partial charge < -0.3 is 10.2 Å². The molecule has 4 nitrogen and oxygen atoms in total. The molecule has 2 N–H and O–H groups in total. The molecule has 112 valence electrons. The predicted molar refractivity (Wildman–Crippen MR) is 80.6 cm³/mol. The summed E-state index contributed by atoms with van der Waals surface area (Å²) in [6.07, 6.45) is 0. The van der Waals surface area contributed by atoms with Crippen molar-refractivity contribution in [2.45, 2.75) is 37.5 Å². The summed E-state index contributed by atoms with van der Waals surface area (Å²) < 4.78 is 25.8. The van der Waals surface area contributed by atoms with E-state index in [0.717, 1.165) is 0 Å². The quantitative estimate of drug-likeness (QED) is 0.893. The van der Waals surface area contributed by atoms with E-state index in [0.29, 0.717) is 22.3 Å². The molecule has 0 amide bonds. The Bertz CT molecular complexity index is 757. The molecule has 0 aliphatic carbocycles. The second-order valence-corrected chi connectivity index (χ2v) is 7.08. The van der Waals surface area contributed by atoms with Gasteiger partial charge in [0.2, 0.25) is 9.84 Å². The SMILES string of the molecule is Cc1ccc(C)c(S(=O)(=O)c2c(C)ccc(C)c2O)c1O. The zero-order valence-corrected chi connectivity index (χ0v) is 13.2. The van der Waals surface area contributed by atoms with Gasteiger partial charge in [-0.3, -0.25) is 0 Å². The lowest BCUT2D eigenvalue weighted by atomic mass is 10.1. The fourth-order valence-electron chi connectivity index (χ4n) is 2.32. The molecule has 0 fully saturated rings. The molecule has 2 aromatic rings. The number of aromatic hydroxyl groups is 2. The fourth-order valence-corrected chi connectivity index (χ4v) is 4.34. The summed E-state index contributed by atoms with van der Waals surface area (Å²) in [5.41, 5.74) is 1.84. The number of phenolic OH excluding ortho intramolecular Hbond substituents is 2. The predicted octanol–water partition coefficient (Wildman–Crippen LogP) is 3.16. The Morgan fingerprint density at radius 1 is 0.667 bits per heavy atom. The number of benzene rings is 2. The Morgan fingerprint density at radius 3 is 1.29 bits per heavy atom. The van der Waals surface area contributed by atoms with Crippen LogP contribution < -0.4 is 0 Å². The minimum absolute atomic E-state index is 0.147. The molecule has 0 atom stereocenters. The molecule has 0 unspecified atom stereocenters. The Kier molecular flexibility index (Phi) is 3.72. The number of sulfone groups is 1. The van der Waals surface area contributed by atoms with Gasteiger partial charge >= 0.3 is 0 Å². The van der Waals surface area contributed by atoms with Crippen LogP contribution in [0.4, 0.5) is 0 Å². The standard InChI is InChI=1S/C16H18O4S/c1-9-5-7-11(3)15(13(9)17)21(19,20)16-12(4)8-6-10(2)14(16)18/h5-8,17-18H,1-4H3. The van der Waals surface area contributed by atoms with Gasteiger partial charge in [-0.05, 0) is 49.9 Å². The van der Waals surface area contributed by atoms with E-state index in [-0.39, 0.29) is 21.3 Å². The summed E-state index contributed by atoms with van der Waals surface area (Å²) in [4.78, 5) is -0.294. The first-order chi connectivity index (χ1) is 9.67. The van der Waals surface area contributed by atoms with Crippen molar-refractivity contribution in [1.82, 2.24) is 0 Å². The Morgan fingerprint density at radius 2 is 0.952 bits per heavy atom. The van der Waals surface area contributed by atoms with Crippen LogP contribution in [0.2, 0.25) is 0 Å². The lowest BCUT2D eigenvalue weighted by molar-refractivity contribution is 0.447. The van der Waals surface area contributed by atoms with Gasteiger partial charge in [0, 0.05) is 0 Å². The van der Waals surface area contributed by atoms with Crippen molar-refractivity contribution in [3.63, 3.8) is 0 Å². The average molecular weight is 306 g/mol. The van der Waals surface area contributed by atoms with Crippen molar-refractivity contribution in [2.24, 2.45) is 0 Å². The lowest BCUT2D eigenvalue weighted by Crippen LogP contribution is -2.08. The Hall–Kier alpha value is -2.01. The third kappa shape index (κ3) is 2.38. The Balaban J connectivity index is 2.88. The molecule has 0 saturated heterocycles. The van der Waals surface area contributed by atoms with Crippen LogP contribution in [0.15, 0.2) is 34.1 Å². The lowest BCUT2D eigenvalue weighted by Gasteiger charge is -2.15. The molecular weight excluding hydrogens is 288 g/mol. The van der Waals surface area contributed by atoms with Gasteiger partial charge in [-0.15, -0.1) is 0 Å². The molecule has 0 aliphatic rings. The first-order valence-electron chi connectivity index (χ1n) is 6.51. The highest BCUT2D eigenvalue weighted by atomic mass is 32.2. The largest absolute Gasteiger partial charge is 0.506 e. The molecule has 5 heteroatoms. The third-order valence-electron chi connectivity index (χ3n) is 3.60. The molecule has 0 saturated carbocycles. The van der Waals surface area contributed by atoms with E-state index in [1.165, 1.54) is 0 Å². The van der Waals surface area contributed by atoms with Crippen LogP contribution in [0.5, 0.6) is 11.5 Å². The molecule has 0 aromatic heterocycles. The first-order valence-corrected chi connectivity index (χ1v) is 7.99. The molecule has 0 heterocycles. The average Bonchev–Trinajstić information content (AvgIpc) is 2.39. The minimum Gasteiger partial charge on any atom is -0.506 e.